The van der Waals surface area contributed by atoms with E-state index >= 15 is 0 Å². The van der Waals surface area contributed by atoms with Gasteiger partial charge in [0.15, 0.2) is 0 Å². The van der Waals surface area contributed by atoms with E-state index in [0.717, 1.165) is 62.9 Å². The summed E-state index contributed by atoms with van der Waals surface area (Å²) in [5.74, 6) is -1.08. The number of aromatic carboxylic acids is 1. The van der Waals surface area contributed by atoms with Crippen molar-refractivity contribution in [3.63, 3.8) is 0 Å². The van der Waals surface area contributed by atoms with Crippen LogP contribution in [0.25, 0.3) is 33.4 Å². The Morgan fingerprint density at radius 3 is 2.33 bits per heavy atom. The van der Waals surface area contributed by atoms with Crippen LogP contribution in [0, 0.1) is 0 Å². The monoisotopic (exact) mass is 857 g/mol. The number of hydrogen-bond donors (Lipinski definition) is 4. The molecular formula is C49H57N6O8+. The van der Waals surface area contributed by atoms with Crippen molar-refractivity contribution < 1.29 is 38.2 Å². The van der Waals surface area contributed by atoms with E-state index in [0.29, 0.717) is 37.3 Å². The normalized spacial score (nSPS) is 13.0. The number of unbranched alkanes of at least 4 members (excludes halogenated alkanes) is 2. The van der Waals surface area contributed by atoms with Crippen LogP contribution < -0.4 is 30.8 Å². The molecule has 3 aromatic rings. The third-order valence-electron chi connectivity index (χ3n) is 10.3. The van der Waals surface area contributed by atoms with E-state index in [4.69, 9.17) is 9.15 Å². The van der Waals surface area contributed by atoms with Crippen molar-refractivity contribution in [2.45, 2.75) is 45.6 Å². The van der Waals surface area contributed by atoms with E-state index < -0.39 is 5.97 Å². The van der Waals surface area contributed by atoms with E-state index in [-0.39, 0.29) is 41.8 Å². The highest BCUT2D eigenvalue weighted by molar-refractivity contribution is 6.03. The summed E-state index contributed by atoms with van der Waals surface area (Å²) >= 11 is 0. The molecule has 1 unspecified atom stereocenters. The average molecular weight is 858 g/mol. The molecule has 0 aromatic heterocycles. The first-order valence-electron chi connectivity index (χ1n) is 20.9. The molecule has 3 aromatic carbocycles. The Bertz CT molecular complexity index is 2550. The highest BCUT2D eigenvalue weighted by Crippen LogP contribution is 2.41. The lowest BCUT2D eigenvalue weighted by molar-refractivity contribution is -0.138. The number of rotatable bonds is 15. The van der Waals surface area contributed by atoms with Gasteiger partial charge in [-0.25, -0.2) is 14.2 Å². The number of carboxylic acid groups (broad SMARTS) is 1. The number of carboxylic acids is 1. The molecule has 1 aliphatic carbocycles. The Morgan fingerprint density at radius 2 is 1.65 bits per heavy atom. The standard InChI is InChI=1S/C25H34N4O5.C24H22N2O3/c1-4-34-25(33)20-13-15-29(3)22(16-20)19-9-11-21(12-10-19)28-24(32)17-27-23(31)8-6-5-7-14-26-18(2)30;1-25(2)17-8-10-19-21(13-17)29-22-14-18(26(3)4)9-11-20(22)23(19)15-6-5-7-16(12-15)24(27)28/h9-13,15-16,22H,4-8,14,17H2,1-3H3,(H,26,30)(H,27,31)(H,28,32);5-14H,1-4H3/p+1. The summed E-state index contributed by atoms with van der Waals surface area (Å²) in [5.41, 5.74) is 6.91. The minimum atomic E-state index is -0.939. The predicted molar refractivity (Wildman–Crippen MR) is 246 cm³/mol. The molecule has 3 amide bonds. The number of nitrogens with zero attached hydrogens (tertiary/aromatic N) is 3. The Morgan fingerprint density at radius 1 is 0.889 bits per heavy atom. The topological polar surface area (TPSA) is 174 Å². The summed E-state index contributed by atoms with van der Waals surface area (Å²) in [6, 6.07) is 26.5. The van der Waals surface area contributed by atoms with E-state index in [1.54, 1.807) is 43.3 Å². The number of hydrogen-bond acceptors (Lipinski definition) is 9. The smallest absolute Gasteiger partial charge is 0.337 e. The summed E-state index contributed by atoms with van der Waals surface area (Å²) in [6.07, 6.45) is 8.09. The van der Waals surface area contributed by atoms with Crippen LogP contribution in [0.1, 0.15) is 61.5 Å². The second-order valence-electron chi connectivity index (χ2n) is 15.5. The zero-order valence-electron chi connectivity index (χ0n) is 37.0. The molecule has 1 atom stereocenters. The minimum absolute atomic E-state index is 0.0585. The zero-order valence-corrected chi connectivity index (χ0v) is 37.0. The first kappa shape index (κ1) is 46.8. The van der Waals surface area contributed by atoms with Gasteiger partial charge in [0.25, 0.3) is 0 Å². The number of likely N-dealkylation sites (N-methyl/N-ethyl adjacent to an activating group) is 1. The van der Waals surface area contributed by atoms with Crippen molar-refractivity contribution in [2.75, 3.05) is 65.2 Å². The zero-order chi connectivity index (χ0) is 45.6. The van der Waals surface area contributed by atoms with Crippen LogP contribution in [0.5, 0.6) is 0 Å². The number of carbonyl (C=O) groups excluding carboxylic acids is 4. The van der Waals surface area contributed by atoms with Gasteiger partial charge < -0.3 is 40.0 Å². The Hall–Kier alpha value is -7.22. The summed E-state index contributed by atoms with van der Waals surface area (Å²) in [5, 5.41) is 19.5. The second kappa shape index (κ2) is 22.0. The van der Waals surface area contributed by atoms with E-state index in [1.165, 1.54) is 6.92 Å². The minimum Gasteiger partial charge on any atom is -0.478 e. The van der Waals surface area contributed by atoms with Crippen molar-refractivity contribution in [1.29, 1.82) is 0 Å². The first-order valence-corrected chi connectivity index (χ1v) is 20.9. The third kappa shape index (κ3) is 12.9. The first-order chi connectivity index (χ1) is 30.1. The molecule has 0 saturated carbocycles. The SMILES string of the molecule is CCOC(=O)C1=CC(c2ccc(NC(=O)CNC(=O)CCCCCNC(C)=O)cc2)N(C)C=C1.CN(C)c1ccc2c(-c3cccc(C(=O)O)c3)c3ccc(=[N+](C)C)cc-3oc2c1. The van der Waals surface area contributed by atoms with Crippen LogP contribution in [-0.2, 0) is 23.9 Å². The van der Waals surface area contributed by atoms with E-state index in [2.05, 4.69) is 16.0 Å². The van der Waals surface area contributed by atoms with Crippen LogP contribution in [0.15, 0.2) is 113 Å². The molecule has 2 heterocycles. The number of nitrogens with one attached hydrogen (secondary N) is 3. The molecule has 0 fully saturated rings. The fraction of sp³-hybridized carbons (Fsp3) is 0.306. The number of amides is 3. The molecule has 4 N–H and O–H groups in total. The highest BCUT2D eigenvalue weighted by atomic mass is 16.5. The largest absolute Gasteiger partial charge is 0.478 e. The van der Waals surface area contributed by atoms with Gasteiger partial charge in [-0.15, -0.1) is 0 Å². The molecule has 3 aliphatic rings. The van der Waals surface area contributed by atoms with Crippen LogP contribution in [0.2, 0.25) is 0 Å². The fourth-order valence-electron chi connectivity index (χ4n) is 6.95. The maximum atomic E-state index is 12.2. The molecule has 6 rings (SSSR count). The van der Waals surface area contributed by atoms with Crippen molar-refractivity contribution in [3.05, 3.63) is 125 Å². The van der Waals surface area contributed by atoms with E-state index in [9.17, 15) is 29.1 Å². The van der Waals surface area contributed by atoms with Crippen molar-refractivity contribution in [3.8, 4) is 22.5 Å². The van der Waals surface area contributed by atoms with Crippen LogP contribution in [0.4, 0.5) is 11.4 Å². The van der Waals surface area contributed by atoms with Gasteiger partial charge in [-0.05, 0) is 85.5 Å². The Balaban J connectivity index is 0.000000240. The van der Waals surface area contributed by atoms with Crippen LogP contribution >= 0.6 is 0 Å². The summed E-state index contributed by atoms with van der Waals surface area (Å²) < 4.78 is 13.4. The summed E-state index contributed by atoms with van der Waals surface area (Å²) in [6.45, 7) is 4.06. The maximum absolute atomic E-state index is 12.2. The van der Waals surface area contributed by atoms with Gasteiger partial charge in [0.05, 0.1) is 36.4 Å². The second-order valence-corrected chi connectivity index (χ2v) is 15.5. The molecule has 2 aliphatic heterocycles. The number of fused-ring (bicyclic) bond motifs is 2. The predicted octanol–water partition coefficient (Wildman–Crippen LogP) is 6.43. The molecule has 0 saturated heterocycles. The van der Waals surface area contributed by atoms with Gasteiger partial charge in [0.1, 0.15) is 25.4 Å². The molecule has 330 valence electrons. The van der Waals surface area contributed by atoms with Gasteiger partial charge in [-0.3, -0.25) is 14.4 Å². The van der Waals surface area contributed by atoms with Gasteiger partial charge in [0, 0.05) is 87.3 Å². The van der Waals surface area contributed by atoms with Crippen LogP contribution in [-0.4, -0.2) is 94.6 Å². The van der Waals surface area contributed by atoms with Crippen molar-refractivity contribution in [1.82, 2.24) is 20.1 Å². The third-order valence-corrected chi connectivity index (χ3v) is 10.3. The van der Waals surface area contributed by atoms with Gasteiger partial charge in [0.2, 0.25) is 23.1 Å². The molecule has 0 bridgehead atoms. The number of anilines is 2. The molecule has 0 radical (unpaired) electrons. The lowest BCUT2D eigenvalue weighted by atomic mass is 9.92. The quantitative estimate of drug-likeness (QED) is 0.0398. The lowest BCUT2D eigenvalue weighted by Crippen LogP contribution is -2.32. The Labute approximate surface area is 367 Å². The molecule has 63 heavy (non-hydrogen) atoms. The molecule has 14 heteroatoms. The highest BCUT2D eigenvalue weighted by Gasteiger charge is 2.22. The van der Waals surface area contributed by atoms with Crippen LogP contribution in [0.3, 0.4) is 0 Å². The molecule has 14 nitrogen and oxygen atoms in total. The van der Waals surface area contributed by atoms with Gasteiger partial charge in [-0.1, -0.05) is 30.7 Å². The number of esters is 1. The van der Waals surface area contributed by atoms with E-state index in [1.807, 2.05) is 116 Å². The average Bonchev–Trinajstić information content (AvgIpc) is 3.26. The molecular weight excluding hydrogens is 801 g/mol. The summed E-state index contributed by atoms with van der Waals surface area (Å²) in [4.78, 5) is 62.4. The van der Waals surface area contributed by atoms with Gasteiger partial charge in [-0.2, -0.15) is 0 Å². The lowest BCUT2D eigenvalue weighted by Gasteiger charge is -2.28. The fourth-order valence-corrected chi connectivity index (χ4v) is 6.95. The maximum Gasteiger partial charge on any atom is 0.337 e. The Kier molecular flexibility index (Phi) is 16.4. The van der Waals surface area contributed by atoms with Crippen molar-refractivity contribution in [2.24, 2.45) is 0 Å². The van der Waals surface area contributed by atoms with Gasteiger partial charge >= 0.3 is 11.9 Å². The number of benzene rings is 4. The van der Waals surface area contributed by atoms with Crippen molar-refractivity contribution >= 4 is 52.0 Å². The number of ether oxygens (including phenoxy) is 1. The summed E-state index contributed by atoms with van der Waals surface area (Å²) in [7, 11) is 9.88. The molecule has 0 spiro atoms. The number of carbonyl (C=O) groups is 5.